The van der Waals surface area contributed by atoms with Crippen molar-refractivity contribution >= 4 is 5.57 Å². The van der Waals surface area contributed by atoms with Gasteiger partial charge in [0.15, 0.2) is 0 Å². The highest BCUT2D eigenvalue weighted by molar-refractivity contribution is 5.71. The Labute approximate surface area is 125 Å². The van der Waals surface area contributed by atoms with Gasteiger partial charge in [-0.3, -0.25) is 0 Å². The minimum absolute atomic E-state index is 1.11. The Morgan fingerprint density at radius 3 is 2.00 bits per heavy atom. The van der Waals surface area contributed by atoms with Crippen LogP contribution in [0.25, 0.3) is 5.57 Å². The summed E-state index contributed by atoms with van der Waals surface area (Å²) in [5, 5.41) is 0. The number of allylic oxidation sites excluding steroid dienone is 4. The molecular weight excluding hydrogens is 240 g/mol. The maximum Gasteiger partial charge on any atom is -0.0190 e. The Kier molecular flexibility index (Phi) is 6.78. The molecule has 0 atom stereocenters. The molecule has 0 bridgehead atoms. The highest BCUT2D eigenvalue weighted by atomic mass is 14.2. The summed E-state index contributed by atoms with van der Waals surface area (Å²) < 4.78 is 0. The first-order chi connectivity index (χ1) is 9.64. The van der Waals surface area contributed by atoms with Gasteiger partial charge >= 0.3 is 0 Å². The normalized spacial score (nSPS) is 12.4. The molecule has 0 N–H and O–H groups in total. The van der Waals surface area contributed by atoms with Crippen LogP contribution >= 0.6 is 0 Å². The highest BCUT2D eigenvalue weighted by Gasteiger charge is 2.14. The summed E-state index contributed by atoms with van der Waals surface area (Å²) in [6.45, 7) is 15.1. The number of hydrogen-bond acceptors (Lipinski definition) is 0. The van der Waals surface area contributed by atoms with E-state index in [1.54, 1.807) is 11.1 Å². The van der Waals surface area contributed by atoms with Crippen molar-refractivity contribution in [2.24, 2.45) is 0 Å². The molecule has 0 aliphatic rings. The van der Waals surface area contributed by atoms with Crippen LogP contribution in [-0.2, 0) is 25.7 Å². The minimum Gasteiger partial charge on any atom is -0.0842 e. The van der Waals surface area contributed by atoms with Gasteiger partial charge in [-0.25, -0.2) is 0 Å². The number of aryl methyl sites for hydroxylation is 1. The first-order valence-corrected chi connectivity index (χ1v) is 7.93. The Morgan fingerprint density at radius 1 is 0.950 bits per heavy atom. The maximum absolute atomic E-state index is 3.76. The van der Waals surface area contributed by atoms with Gasteiger partial charge in [-0.2, -0.15) is 0 Å². The third kappa shape index (κ3) is 3.42. The van der Waals surface area contributed by atoms with E-state index in [2.05, 4.69) is 53.7 Å². The molecule has 0 aliphatic carbocycles. The molecule has 0 fully saturated rings. The SMILES string of the molecule is [CH2]/C=C/C=C(/C)c1cc(CC)c(CC)c(CC)c1CC. The molecule has 0 unspecified atom stereocenters. The van der Waals surface area contributed by atoms with E-state index in [0.717, 1.165) is 25.7 Å². The molecule has 0 nitrogen and oxygen atoms in total. The minimum atomic E-state index is 1.11. The summed E-state index contributed by atoms with van der Waals surface area (Å²) in [5.41, 5.74) is 8.98. The first kappa shape index (κ1) is 16.8. The number of hydrogen-bond donors (Lipinski definition) is 0. The van der Waals surface area contributed by atoms with E-state index in [1.165, 1.54) is 22.3 Å². The lowest BCUT2D eigenvalue weighted by molar-refractivity contribution is 0.940. The van der Waals surface area contributed by atoms with Crippen LogP contribution in [0.5, 0.6) is 0 Å². The molecule has 0 aromatic heterocycles. The predicted octanol–water partition coefficient (Wildman–Crippen LogP) is 5.73. The van der Waals surface area contributed by atoms with Crippen molar-refractivity contribution in [3.63, 3.8) is 0 Å². The molecule has 1 rings (SSSR count). The van der Waals surface area contributed by atoms with E-state index in [4.69, 9.17) is 0 Å². The summed E-state index contributed by atoms with van der Waals surface area (Å²) in [6, 6.07) is 2.42. The van der Waals surface area contributed by atoms with Gasteiger partial charge < -0.3 is 0 Å². The van der Waals surface area contributed by atoms with Gasteiger partial charge in [0, 0.05) is 0 Å². The summed E-state index contributed by atoms with van der Waals surface area (Å²) in [7, 11) is 0. The second-order valence-electron chi connectivity index (χ2n) is 5.21. The molecule has 0 amide bonds. The monoisotopic (exact) mass is 269 g/mol. The average Bonchev–Trinajstić information content (AvgIpc) is 2.49. The molecule has 0 aliphatic heterocycles. The lowest BCUT2D eigenvalue weighted by Crippen LogP contribution is -2.06. The second kappa shape index (κ2) is 8.09. The zero-order valence-electron chi connectivity index (χ0n) is 13.8. The third-order valence-electron chi connectivity index (χ3n) is 4.11. The van der Waals surface area contributed by atoms with E-state index in [9.17, 15) is 0 Å². The van der Waals surface area contributed by atoms with Crippen LogP contribution < -0.4 is 0 Å². The Bertz CT molecular complexity index is 501. The van der Waals surface area contributed by atoms with Crippen LogP contribution in [0.3, 0.4) is 0 Å². The fraction of sp³-hybridized carbons (Fsp3) is 0.450. The molecule has 1 aromatic carbocycles. The Hall–Kier alpha value is -1.30. The molecule has 0 heterocycles. The zero-order valence-corrected chi connectivity index (χ0v) is 13.8. The van der Waals surface area contributed by atoms with Gasteiger partial charge in [0.2, 0.25) is 0 Å². The van der Waals surface area contributed by atoms with Crippen LogP contribution in [-0.4, -0.2) is 0 Å². The Balaban J connectivity index is 3.59. The molecule has 0 saturated carbocycles. The van der Waals surface area contributed by atoms with E-state index >= 15 is 0 Å². The van der Waals surface area contributed by atoms with E-state index in [0.29, 0.717) is 0 Å². The highest BCUT2D eigenvalue weighted by Crippen LogP contribution is 2.30. The molecule has 0 saturated heterocycles. The second-order valence-corrected chi connectivity index (χ2v) is 5.21. The molecule has 1 aromatic rings. The van der Waals surface area contributed by atoms with Crippen molar-refractivity contribution in [1.82, 2.24) is 0 Å². The molecule has 20 heavy (non-hydrogen) atoms. The summed E-state index contributed by atoms with van der Waals surface area (Å²) in [6.07, 6.45) is 10.5. The van der Waals surface area contributed by atoms with Gasteiger partial charge in [0.1, 0.15) is 0 Å². The van der Waals surface area contributed by atoms with E-state index in [1.807, 2.05) is 12.2 Å². The predicted molar refractivity (Wildman–Crippen MR) is 92.1 cm³/mol. The third-order valence-corrected chi connectivity index (χ3v) is 4.11. The molecule has 109 valence electrons. The largest absolute Gasteiger partial charge is 0.0842 e. The van der Waals surface area contributed by atoms with Gasteiger partial charge in [0.25, 0.3) is 0 Å². The maximum atomic E-state index is 3.76. The van der Waals surface area contributed by atoms with Gasteiger partial charge in [0.05, 0.1) is 0 Å². The molecule has 0 heteroatoms. The molecule has 1 radical (unpaired) electrons. The summed E-state index contributed by atoms with van der Waals surface area (Å²) in [5.74, 6) is 0. The van der Waals surface area contributed by atoms with Crippen molar-refractivity contribution < 1.29 is 0 Å². The lowest BCUT2D eigenvalue weighted by atomic mass is 9.84. The van der Waals surface area contributed by atoms with E-state index < -0.39 is 0 Å². The van der Waals surface area contributed by atoms with Gasteiger partial charge in [-0.05, 0) is 72.9 Å². The van der Waals surface area contributed by atoms with Crippen LogP contribution in [0.15, 0.2) is 24.3 Å². The summed E-state index contributed by atoms with van der Waals surface area (Å²) >= 11 is 0. The molecular formula is C20H29. The van der Waals surface area contributed by atoms with E-state index in [-0.39, 0.29) is 0 Å². The van der Waals surface area contributed by atoms with Crippen LogP contribution in [0.2, 0.25) is 0 Å². The van der Waals surface area contributed by atoms with Crippen LogP contribution in [0.4, 0.5) is 0 Å². The van der Waals surface area contributed by atoms with Gasteiger partial charge in [-0.15, -0.1) is 0 Å². The average molecular weight is 269 g/mol. The number of benzene rings is 1. The topological polar surface area (TPSA) is 0 Å². The standard InChI is InChI=1S/C20H29/c1-7-12-13-15(6)20-14-16(8-2)17(9-3)18(10-4)19(20)11-5/h7,12-14H,1,8-11H2,2-6H3/b12-7+,15-13-. The fourth-order valence-corrected chi connectivity index (χ4v) is 3.13. The van der Waals surface area contributed by atoms with Gasteiger partial charge in [-0.1, -0.05) is 52.0 Å². The van der Waals surface area contributed by atoms with Crippen molar-refractivity contribution in [3.05, 3.63) is 59.0 Å². The zero-order chi connectivity index (χ0) is 15.1. The van der Waals surface area contributed by atoms with Crippen LogP contribution in [0.1, 0.15) is 62.4 Å². The smallest absolute Gasteiger partial charge is 0.0190 e. The van der Waals surface area contributed by atoms with Crippen molar-refractivity contribution in [1.29, 1.82) is 0 Å². The quantitative estimate of drug-likeness (QED) is 0.578. The lowest BCUT2D eigenvalue weighted by Gasteiger charge is -2.21. The fourth-order valence-electron chi connectivity index (χ4n) is 3.13. The summed E-state index contributed by atoms with van der Waals surface area (Å²) in [4.78, 5) is 0. The number of rotatable bonds is 6. The Morgan fingerprint density at radius 2 is 1.55 bits per heavy atom. The van der Waals surface area contributed by atoms with Crippen molar-refractivity contribution in [2.45, 2.75) is 60.3 Å². The van der Waals surface area contributed by atoms with Crippen molar-refractivity contribution in [2.75, 3.05) is 0 Å². The molecule has 0 spiro atoms. The van der Waals surface area contributed by atoms with Crippen LogP contribution in [0, 0.1) is 6.92 Å². The first-order valence-electron chi connectivity index (χ1n) is 7.93. The van der Waals surface area contributed by atoms with Crippen molar-refractivity contribution in [3.8, 4) is 0 Å².